The fourth-order valence-electron chi connectivity index (χ4n) is 0.796. The Labute approximate surface area is 70.4 Å². The van der Waals surface area contributed by atoms with Crippen molar-refractivity contribution in [2.75, 3.05) is 13.1 Å². The third kappa shape index (κ3) is 7.01. The standard InChI is InChI=1S/C7H13NO4/c1-5(2-6(9)10)3-8-4-7(11)12/h5,8H,2-4H2,1H3,(H,9,10)(H,11,12). The Hall–Kier alpha value is -1.10. The van der Waals surface area contributed by atoms with E-state index >= 15 is 0 Å². The Morgan fingerprint density at radius 1 is 1.33 bits per heavy atom. The zero-order valence-electron chi connectivity index (χ0n) is 6.91. The predicted molar refractivity (Wildman–Crippen MR) is 41.9 cm³/mol. The van der Waals surface area contributed by atoms with Gasteiger partial charge in [0.25, 0.3) is 0 Å². The first-order valence-electron chi connectivity index (χ1n) is 3.66. The van der Waals surface area contributed by atoms with E-state index in [1.807, 2.05) is 0 Å². The van der Waals surface area contributed by atoms with Crippen LogP contribution < -0.4 is 5.32 Å². The van der Waals surface area contributed by atoms with Gasteiger partial charge in [-0.2, -0.15) is 0 Å². The smallest absolute Gasteiger partial charge is 0.317 e. The van der Waals surface area contributed by atoms with Gasteiger partial charge in [-0.25, -0.2) is 0 Å². The third-order valence-electron chi connectivity index (χ3n) is 1.29. The maximum atomic E-state index is 10.2. The van der Waals surface area contributed by atoms with Crippen LogP contribution in [0.15, 0.2) is 0 Å². The first-order chi connectivity index (χ1) is 5.52. The average molecular weight is 175 g/mol. The number of carbonyl (C=O) groups is 2. The van der Waals surface area contributed by atoms with Crippen molar-refractivity contribution in [3.8, 4) is 0 Å². The van der Waals surface area contributed by atoms with Crippen molar-refractivity contribution in [3.63, 3.8) is 0 Å². The molecule has 0 fully saturated rings. The summed E-state index contributed by atoms with van der Waals surface area (Å²) in [5, 5.41) is 19.2. The number of carboxylic acids is 2. The van der Waals surface area contributed by atoms with Crippen molar-refractivity contribution >= 4 is 11.9 Å². The van der Waals surface area contributed by atoms with Crippen LogP contribution >= 0.6 is 0 Å². The van der Waals surface area contributed by atoms with Crippen LogP contribution in [0.4, 0.5) is 0 Å². The second-order valence-corrected chi connectivity index (χ2v) is 2.73. The molecule has 0 aliphatic carbocycles. The van der Waals surface area contributed by atoms with Gasteiger partial charge in [-0.1, -0.05) is 6.92 Å². The van der Waals surface area contributed by atoms with Gasteiger partial charge in [-0.05, 0) is 12.5 Å². The van der Waals surface area contributed by atoms with E-state index in [2.05, 4.69) is 5.32 Å². The van der Waals surface area contributed by atoms with E-state index in [1.165, 1.54) is 0 Å². The molecule has 0 heterocycles. The van der Waals surface area contributed by atoms with Crippen molar-refractivity contribution in [3.05, 3.63) is 0 Å². The summed E-state index contributed by atoms with van der Waals surface area (Å²) in [4.78, 5) is 20.2. The zero-order valence-corrected chi connectivity index (χ0v) is 6.91. The first-order valence-corrected chi connectivity index (χ1v) is 3.66. The fourth-order valence-corrected chi connectivity index (χ4v) is 0.796. The Morgan fingerprint density at radius 3 is 2.33 bits per heavy atom. The topological polar surface area (TPSA) is 86.6 Å². The minimum atomic E-state index is -0.933. The molecular formula is C7H13NO4. The third-order valence-corrected chi connectivity index (χ3v) is 1.29. The van der Waals surface area contributed by atoms with Crippen LogP contribution in [0, 0.1) is 5.92 Å². The highest BCUT2D eigenvalue weighted by Gasteiger charge is 2.07. The van der Waals surface area contributed by atoms with Crippen molar-refractivity contribution < 1.29 is 19.8 Å². The molecule has 0 rings (SSSR count). The molecule has 0 aliphatic heterocycles. The largest absolute Gasteiger partial charge is 0.481 e. The monoisotopic (exact) mass is 175 g/mol. The number of nitrogens with one attached hydrogen (secondary N) is 1. The summed E-state index contributed by atoms with van der Waals surface area (Å²) in [5.74, 6) is -1.83. The van der Waals surface area contributed by atoms with Gasteiger partial charge in [-0.15, -0.1) is 0 Å². The molecule has 0 aromatic heterocycles. The van der Waals surface area contributed by atoms with E-state index in [4.69, 9.17) is 10.2 Å². The van der Waals surface area contributed by atoms with Crippen LogP contribution in [0.2, 0.25) is 0 Å². The molecule has 0 amide bonds. The van der Waals surface area contributed by atoms with Gasteiger partial charge >= 0.3 is 11.9 Å². The molecule has 70 valence electrons. The molecule has 0 saturated heterocycles. The summed E-state index contributed by atoms with van der Waals surface area (Å²) in [5.41, 5.74) is 0. The fraction of sp³-hybridized carbons (Fsp3) is 0.714. The lowest BCUT2D eigenvalue weighted by molar-refractivity contribution is -0.138. The first kappa shape index (κ1) is 10.9. The average Bonchev–Trinajstić information content (AvgIpc) is 1.84. The van der Waals surface area contributed by atoms with Crippen molar-refractivity contribution in [2.24, 2.45) is 5.92 Å². The summed E-state index contributed by atoms with van der Waals surface area (Å²) in [6.45, 7) is 2.05. The zero-order chi connectivity index (χ0) is 9.56. The lowest BCUT2D eigenvalue weighted by Gasteiger charge is -2.07. The highest BCUT2D eigenvalue weighted by Crippen LogP contribution is 1.98. The van der Waals surface area contributed by atoms with Crippen LogP contribution in [-0.2, 0) is 9.59 Å². The summed E-state index contributed by atoms with van der Waals surface area (Å²) < 4.78 is 0. The second kappa shape index (κ2) is 5.54. The number of rotatable bonds is 6. The van der Waals surface area contributed by atoms with Crippen molar-refractivity contribution in [2.45, 2.75) is 13.3 Å². The van der Waals surface area contributed by atoms with E-state index < -0.39 is 11.9 Å². The molecule has 5 heteroatoms. The van der Waals surface area contributed by atoms with E-state index in [1.54, 1.807) is 6.92 Å². The number of carboxylic acid groups (broad SMARTS) is 2. The predicted octanol–water partition coefficient (Wildman–Crippen LogP) is -0.229. The second-order valence-electron chi connectivity index (χ2n) is 2.73. The maximum absolute atomic E-state index is 10.2. The van der Waals surface area contributed by atoms with Gasteiger partial charge < -0.3 is 15.5 Å². The molecular weight excluding hydrogens is 162 g/mol. The number of aliphatic carboxylic acids is 2. The molecule has 0 bridgehead atoms. The Kier molecular flexibility index (Phi) is 5.03. The van der Waals surface area contributed by atoms with Crippen LogP contribution in [0.3, 0.4) is 0 Å². The minimum Gasteiger partial charge on any atom is -0.481 e. The Balaban J connectivity index is 3.37. The van der Waals surface area contributed by atoms with Gasteiger partial charge in [0.2, 0.25) is 0 Å². The van der Waals surface area contributed by atoms with Gasteiger partial charge in [0.15, 0.2) is 0 Å². The normalized spacial score (nSPS) is 12.4. The number of hydrogen-bond donors (Lipinski definition) is 3. The van der Waals surface area contributed by atoms with E-state index in [9.17, 15) is 9.59 Å². The minimum absolute atomic E-state index is 0.0400. The van der Waals surface area contributed by atoms with E-state index in [0.717, 1.165) is 0 Å². The van der Waals surface area contributed by atoms with Gasteiger partial charge in [0.1, 0.15) is 0 Å². The van der Waals surface area contributed by atoms with Crippen LogP contribution in [0.25, 0.3) is 0 Å². The summed E-state index contributed by atoms with van der Waals surface area (Å²) in [6, 6.07) is 0. The summed E-state index contributed by atoms with van der Waals surface area (Å²) in [7, 11) is 0. The summed E-state index contributed by atoms with van der Waals surface area (Å²) >= 11 is 0. The molecule has 12 heavy (non-hydrogen) atoms. The molecule has 5 nitrogen and oxygen atoms in total. The molecule has 1 atom stereocenters. The number of hydrogen-bond acceptors (Lipinski definition) is 3. The summed E-state index contributed by atoms with van der Waals surface area (Å²) in [6.07, 6.45) is 0.0621. The molecule has 1 unspecified atom stereocenters. The van der Waals surface area contributed by atoms with Crippen LogP contribution in [0.5, 0.6) is 0 Å². The maximum Gasteiger partial charge on any atom is 0.317 e. The van der Waals surface area contributed by atoms with Gasteiger partial charge in [0.05, 0.1) is 6.54 Å². The molecule has 3 N–H and O–H groups in total. The lowest BCUT2D eigenvalue weighted by Crippen LogP contribution is -2.28. The van der Waals surface area contributed by atoms with Crippen molar-refractivity contribution in [1.29, 1.82) is 0 Å². The molecule has 0 saturated carbocycles. The van der Waals surface area contributed by atoms with E-state index in [-0.39, 0.29) is 18.9 Å². The quantitative estimate of drug-likeness (QED) is 0.519. The van der Waals surface area contributed by atoms with Gasteiger partial charge in [-0.3, -0.25) is 9.59 Å². The highest BCUT2D eigenvalue weighted by molar-refractivity contribution is 5.69. The van der Waals surface area contributed by atoms with Crippen molar-refractivity contribution in [1.82, 2.24) is 5.32 Å². The van der Waals surface area contributed by atoms with Crippen LogP contribution in [0.1, 0.15) is 13.3 Å². The Bertz CT molecular complexity index is 169. The highest BCUT2D eigenvalue weighted by atomic mass is 16.4. The Morgan fingerprint density at radius 2 is 1.92 bits per heavy atom. The molecule has 0 aliphatic rings. The molecule has 0 aromatic carbocycles. The lowest BCUT2D eigenvalue weighted by atomic mass is 10.1. The SMILES string of the molecule is CC(CNCC(=O)O)CC(=O)O. The molecule has 0 aromatic rings. The molecule has 0 radical (unpaired) electrons. The van der Waals surface area contributed by atoms with Crippen LogP contribution in [-0.4, -0.2) is 35.2 Å². The van der Waals surface area contributed by atoms with Gasteiger partial charge in [0, 0.05) is 6.42 Å². The molecule has 0 spiro atoms. The van der Waals surface area contributed by atoms with E-state index in [0.29, 0.717) is 6.54 Å².